The molecule has 3 nitrogen and oxygen atoms in total. The minimum atomic E-state index is 0.166. The van der Waals surface area contributed by atoms with E-state index in [-0.39, 0.29) is 5.91 Å². The number of carbonyl (C=O) groups excluding carboxylic acids is 1. The highest BCUT2D eigenvalue weighted by Crippen LogP contribution is 2.29. The minimum absolute atomic E-state index is 0.166. The van der Waals surface area contributed by atoms with Crippen LogP contribution in [0.1, 0.15) is 28.1 Å². The van der Waals surface area contributed by atoms with Crippen molar-refractivity contribution in [2.24, 2.45) is 0 Å². The number of carbonyl (C=O) groups is 1. The molecule has 0 aliphatic carbocycles. The van der Waals surface area contributed by atoms with E-state index < -0.39 is 0 Å². The lowest BCUT2D eigenvalue weighted by Gasteiger charge is -2.33. The molecule has 1 N–H and O–H groups in total. The molecule has 1 aliphatic heterocycles. The molecule has 3 rings (SSSR count). The summed E-state index contributed by atoms with van der Waals surface area (Å²) in [5, 5.41) is 5.40. The Morgan fingerprint density at radius 3 is 3.00 bits per heavy atom. The maximum absolute atomic E-state index is 12.9. The Labute approximate surface area is 146 Å². The van der Waals surface area contributed by atoms with Crippen molar-refractivity contribution in [3.05, 3.63) is 52.2 Å². The average Bonchev–Trinajstić information content (AvgIpc) is 3.13. The van der Waals surface area contributed by atoms with Crippen molar-refractivity contribution in [2.75, 3.05) is 20.1 Å². The second kappa shape index (κ2) is 7.99. The van der Waals surface area contributed by atoms with Gasteiger partial charge in [0.2, 0.25) is 0 Å². The molecule has 2 aromatic rings. The summed E-state index contributed by atoms with van der Waals surface area (Å²) in [6.07, 6.45) is 2.22. The van der Waals surface area contributed by atoms with Gasteiger partial charge in [-0.15, -0.1) is 23.1 Å². The predicted octanol–water partition coefficient (Wildman–Crippen LogP) is 3.86. The van der Waals surface area contributed by atoms with Gasteiger partial charge in [-0.25, -0.2) is 0 Å². The van der Waals surface area contributed by atoms with Crippen LogP contribution < -0.4 is 5.32 Å². The first kappa shape index (κ1) is 16.6. The Morgan fingerprint density at radius 2 is 2.22 bits per heavy atom. The highest BCUT2D eigenvalue weighted by atomic mass is 32.2. The number of rotatable bonds is 5. The van der Waals surface area contributed by atoms with Crippen molar-refractivity contribution >= 4 is 29.0 Å². The van der Waals surface area contributed by atoms with Crippen LogP contribution in [0.15, 0.2) is 46.7 Å². The van der Waals surface area contributed by atoms with Gasteiger partial charge >= 0.3 is 0 Å². The fourth-order valence-corrected chi connectivity index (χ4v) is 4.70. The van der Waals surface area contributed by atoms with Crippen molar-refractivity contribution < 1.29 is 4.79 Å². The SMILES string of the molecule is CNC1CCCN(C(=O)c2ccccc2SCc2cccs2)C1. The quantitative estimate of drug-likeness (QED) is 0.834. The molecular formula is C18H22N2OS2. The van der Waals surface area contributed by atoms with Gasteiger partial charge in [-0.1, -0.05) is 18.2 Å². The third kappa shape index (κ3) is 4.16. The molecule has 2 heterocycles. The molecular weight excluding hydrogens is 324 g/mol. The molecule has 0 radical (unpaired) electrons. The number of thioether (sulfide) groups is 1. The van der Waals surface area contributed by atoms with Crippen molar-refractivity contribution in [3.8, 4) is 0 Å². The smallest absolute Gasteiger partial charge is 0.255 e. The first-order valence-corrected chi connectivity index (χ1v) is 9.85. The summed E-state index contributed by atoms with van der Waals surface area (Å²) in [6, 6.07) is 12.6. The van der Waals surface area contributed by atoms with Crippen LogP contribution in [-0.4, -0.2) is 37.0 Å². The van der Waals surface area contributed by atoms with Gasteiger partial charge in [-0.2, -0.15) is 0 Å². The van der Waals surface area contributed by atoms with Gasteiger partial charge in [0.15, 0.2) is 0 Å². The predicted molar refractivity (Wildman–Crippen MR) is 98.3 cm³/mol. The Hall–Kier alpha value is -1.30. The number of likely N-dealkylation sites (N-methyl/N-ethyl adjacent to an activating group) is 1. The van der Waals surface area contributed by atoms with E-state index >= 15 is 0 Å². The van der Waals surface area contributed by atoms with Gasteiger partial charge < -0.3 is 10.2 Å². The molecule has 1 fully saturated rings. The Balaban J connectivity index is 1.72. The average molecular weight is 347 g/mol. The van der Waals surface area contributed by atoms with E-state index in [0.29, 0.717) is 6.04 Å². The molecule has 1 aliphatic rings. The number of amides is 1. The summed E-state index contributed by atoms with van der Waals surface area (Å²) in [5.74, 6) is 1.08. The second-order valence-electron chi connectivity index (χ2n) is 5.74. The molecule has 0 saturated carbocycles. The third-order valence-electron chi connectivity index (χ3n) is 4.18. The lowest BCUT2D eigenvalue weighted by atomic mass is 10.0. The zero-order chi connectivity index (χ0) is 16.1. The van der Waals surface area contributed by atoms with Crippen molar-refractivity contribution in [1.82, 2.24) is 10.2 Å². The zero-order valence-corrected chi connectivity index (χ0v) is 15.0. The van der Waals surface area contributed by atoms with E-state index in [9.17, 15) is 4.79 Å². The first-order chi connectivity index (χ1) is 11.3. The standard InChI is InChI=1S/C18H22N2OS2/c1-19-14-6-4-10-20(12-14)18(21)16-8-2-3-9-17(16)23-13-15-7-5-11-22-15/h2-3,5,7-9,11,14,19H,4,6,10,12-13H2,1H3. The number of hydrogen-bond donors (Lipinski definition) is 1. The fraction of sp³-hybridized carbons (Fsp3) is 0.389. The largest absolute Gasteiger partial charge is 0.337 e. The molecule has 1 atom stereocenters. The van der Waals surface area contributed by atoms with Crippen LogP contribution >= 0.6 is 23.1 Å². The molecule has 1 aromatic carbocycles. The van der Waals surface area contributed by atoms with Crippen LogP contribution in [-0.2, 0) is 5.75 Å². The summed E-state index contributed by atoms with van der Waals surface area (Å²) in [5.41, 5.74) is 0.839. The lowest BCUT2D eigenvalue weighted by Crippen LogP contribution is -2.47. The maximum Gasteiger partial charge on any atom is 0.255 e. The number of benzene rings is 1. The highest BCUT2D eigenvalue weighted by Gasteiger charge is 2.24. The van der Waals surface area contributed by atoms with Gasteiger partial charge in [-0.05, 0) is 43.5 Å². The van der Waals surface area contributed by atoms with E-state index in [4.69, 9.17) is 0 Å². The van der Waals surface area contributed by atoms with Crippen LogP contribution in [0.25, 0.3) is 0 Å². The van der Waals surface area contributed by atoms with Gasteiger partial charge in [-0.3, -0.25) is 4.79 Å². The first-order valence-electron chi connectivity index (χ1n) is 7.98. The van der Waals surface area contributed by atoms with E-state index in [1.54, 1.807) is 23.1 Å². The molecule has 1 unspecified atom stereocenters. The van der Waals surface area contributed by atoms with Gasteiger partial charge in [0, 0.05) is 34.7 Å². The molecule has 1 saturated heterocycles. The minimum Gasteiger partial charge on any atom is -0.337 e. The normalized spacial score (nSPS) is 18.1. The van der Waals surface area contributed by atoms with Crippen LogP contribution in [0.2, 0.25) is 0 Å². The monoisotopic (exact) mass is 346 g/mol. The number of piperidine rings is 1. The third-order valence-corrected chi connectivity index (χ3v) is 6.37. The number of nitrogens with one attached hydrogen (secondary N) is 1. The fourth-order valence-electron chi connectivity index (χ4n) is 2.88. The van der Waals surface area contributed by atoms with Crippen molar-refractivity contribution in [2.45, 2.75) is 29.5 Å². The Bertz CT molecular complexity index is 642. The van der Waals surface area contributed by atoms with Crippen LogP contribution in [0.5, 0.6) is 0 Å². The van der Waals surface area contributed by atoms with Crippen LogP contribution in [0, 0.1) is 0 Å². The van der Waals surface area contributed by atoms with E-state index in [1.807, 2.05) is 30.1 Å². The molecule has 1 amide bonds. The van der Waals surface area contributed by atoms with E-state index in [2.05, 4.69) is 28.9 Å². The summed E-state index contributed by atoms with van der Waals surface area (Å²) < 4.78 is 0. The van der Waals surface area contributed by atoms with Gasteiger partial charge in [0.05, 0.1) is 5.56 Å². The van der Waals surface area contributed by atoms with E-state index in [1.165, 1.54) is 4.88 Å². The number of hydrogen-bond acceptors (Lipinski definition) is 4. The molecule has 23 heavy (non-hydrogen) atoms. The van der Waals surface area contributed by atoms with Gasteiger partial charge in [0.1, 0.15) is 0 Å². The topological polar surface area (TPSA) is 32.3 Å². The molecule has 1 aromatic heterocycles. The highest BCUT2D eigenvalue weighted by molar-refractivity contribution is 7.98. The zero-order valence-electron chi connectivity index (χ0n) is 13.3. The summed E-state index contributed by atoms with van der Waals surface area (Å²) in [4.78, 5) is 17.3. The lowest BCUT2D eigenvalue weighted by molar-refractivity contribution is 0.0694. The maximum atomic E-state index is 12.9. The second-order valence-corrected chi connectivity index (χ2v) is 7.79. The molecule has 0 bridgehead atoms. The Morgan fingerprint density at radius 1 is 1.35 bits per heavy atom. The number of likely N-dealkylation sites (tertiary alicyclic amines) is 1. The molecule has 5 heteroatoms. The number of thiophene rings is 1. The van der Waals surface area contributed by atoms with Crippen LogP contribution in [0.3, 0.4) is 0 Å². The summed E-state index contributed by atoms with van der Waals surface area (Å²) >= 11 is 3.51. The van der Waals surface area contributed by atoms with Crippen LogP contribution in [0.4, 0.5) is 0 Å². The summed E-state index contributed by atoms with van der Waals surface area (Å²) in [7, 11) is 1.98. The molecule has 122 valence electrons. The molecule has 0 spiro atoms. The number of nitrogens with zero attached hydrogens (tertiary/aromatic N) is 1. The van der Waals surface area contributed by atoms with E-state index in [0.717, 1.165) is 42.1 Å². The van der Waals surface area contributed by atoms with Gasteiger partial charge in [0.25, 0.3) is 5.91 Å². The van der Waals surface area contributed by atoms with Crippen molar-refractivity contribution in [1.29, 1.82) is 0 Å². The van der Waals surface area contributed by atoms with Crippen molar-refractivity contribution in [3.63, 3.8) is 0 Å². The Kier molecular flexibility index (Phi) is 5.75. The summed E-state index contributed by atoms with van der Waals surface area (Å²) in [6.45, 7) is 1.67.